The number of nitriles is 2. The third kappa shape index (κ3) is 1.36. The molecule has 58 valence electrons. The largest absolute Gasteiger partial charge is 0.367 e. The lowest BCUT2D eigenvalue weighted by atomic mass is 10.1. The maximum Gasteiger partial charge on any atom is 0.133 e. The molecule has 0 amide bonds. The van der Waals surface area contributed by atoms with Crippen molar-refractivity contribution in [1.29, 1.82) is 10.5 Å². The molecule has 0 fully saturated rings. The van der Waals surface area contributed by atoms with E-state index >= 15 is 0 Å². The summed E-state index contributed by atoms with van der Waals surface area (Å²) in [5, 5.41) is 17.1. The highest BCUT2D eigenvalue weighted by Gasteiger charge is 2.02. The summed E-state index contributed by atoms with van der Waals surface area (Å²) in [5.74, 6) is 0. The van der Waals surface area contributed by atoms with Crippen LogP contribution in [-0.2, 0) is 0 Å². The number of nitrogens with zero attached hydrogens (tertiary/aromatic N) is 2. The monoisotopic (exact) mass is 157 g/mol. The fourth-order valence-electron chi connectivity index (χ4n) is 0.894. The Balaban J connectivity index is 3.16. The molecule has 1 aromatic heterocycles. The maximum absolute atomic E-state index is 8.55. The van der Waals surface area contributed by atoms with Crippen molar-refractivity contribution in [3.63, 3.8) is 0 Å². The Morgan fingerprint density at radius 3 is 2.50 bits per heavy atom. The third-order valence-corrected chi connectivity index (χ3v) is 1.63. The van der Waals surface area contributed by atoms with Crippen molar-refractivity contribution in [2.24, 2.45) is 0 Å². The quantitative estimate of drug-likeness (QED) is 0.632. The van der Waals surface area contributed by atoms with Gasteiger partial charge in [0, 0.05) is 12.4 Å². The molecule has 12 heavy (non-hydrogen) atoms. The van der Waals surface area contributed by atoms with Crippen LogP contribution in [-0.4, -0.2) is 4.98 Å². The van der Waals surface area contributed by atoms with E-state index in [2.05, 4.69) is 4.98 Å². The van der Waals surface area contributed by atoms with E-state index in [0.29, 0.717) is 5.57 Å². The molecule has 1 N–H and O–H groups in total. The summed E-state index contributed by atoms with van der Waals surface area (Å²) in [4.78, 5) is 2.86. The van der Waals surface area contributed by atoms with E-state index in [1.54, 1.807) is 19.3 Å². The predicted octanol–water partition coefficient (Wildman–Crippen LogP) is 1.84. The number of aromatic nitrogens is 1. The van der Waals surface area contributed by atoms with Gasteiger partial charge in [0.05, 0.1) is 0 Å². The van der Waals surface area contributed by atoms with Gasteiger partial charge in [0.25, 0.3) is 0 Å². The van der Waals surface area contributed by atoms with Crippen molar-refractivity contribution in [2.75, 3.05) is 0 Å². The summed E-state index contributed by atoms with van der Waals surface area (Å²) >= 11 is 0. The number of nitrogens with one attached hydrogen (secondary N) is 1. The van der Waals surface area contributed by atoms with Crippen molar-refractivity contribution < 1.29 is 0 Å². The van der Waals surface area contributed by atoms with E-state index in [1.807, 2.05) is 18.2 Å². The average molecular weight is 157 g/mol. The molecular formula is C9H7N3. The maximum atomic E-state index is 8.55. The molecule has 0 aliphatic carbocycles. The van der Waals surface area contributed by atoms with Crippen LogP contribution in [0.1, 0.15) is 12.5 Å². The van der Waals surface area contributed by atoms with Crippen LogP contribution in [0, 0.1) is 22.7 Å². The van der Waals surface area contributed by atoms with Crippen LogP contribution in [0.2, 0.25) is 0 Å². The van der Waals surface area contributed by atoms with Crippen LogP contribution in [0.15, 0.2) is 24.0 Å². The van der Waals surface area contributed by atoms with Crippen LogP contribution < -0.4 is 0 Å². The van der Waals surface area contributed by atoms with Gasteiger partial charge in [-0.05, 0) is 24.1 Å². The van der Waals surface area contributed by atoms with Crippen LogP contribution in [0.4, 0.5) is 0 Å². The second kappa shape index (κ2) is 3.41. The molecule has 0 unspecified atom stereocenters. The fourth-order valence-corrected chi connectivity index (χ4v) is 0.894. The Labute approximate surface area is 70.6 Å². The Hall–Kier alpha value is -2.00. The summed E-state index contributed by atoms with van der Waals surface area (Å²) < 4.78 is 0. The van der Waals surface area contributed by atoms with Gasteiger partial charge in [-0.2, -0.15) is 10.5 Å². The first kappa shape index (κ1) is 8.10. The molecule has 3 nitrogen and oxygen atoms in total. The van der Waals surface area contributed by atoms with Crippen molar-refractivity contribution in [3.8, 4) is 12.1 Å². The van der Waals surface area contributed by atoms with E-state index in [4.69, 9.17) is 10.5 Å². The molecule has 0 aliphatic rings. The molecule has 0 saturated carbocycles. The minimum absolute atomic E-state index is 0.162. The first-order chi connectivity index (χ1) is 5.79. The first-order valence-electron chi connectivity index (χ1n) is 3.44. The van der Waals surface area contributed by atoms with Gasteiger partial charge in [0.2, 0.25) is 0 Å². The Kier molecular flexibility index (Phi) is 2.30. The summed E-state index contributed by atoms with van der Waals surface area (Å²) in [7, 11) is 0. The van der Waals surface area contributed by atoms with Crippen molar-refractivity contribution in [2.45, 2.75) is 6.92 Å². The third-order valence-electron chi connectivity index (χ3n) is 1.63. The predicted molar refractivity (Wildman–Crippen MR) is 44.6 cm³/mol. The second-order valence-electron chi connectivity index (χ2n) is 2.32. The van der Waals surface area contributed by atoms with Crippen molar-refractivity contribution >= 4 is 5.57 Å². The molecule has 0 spiro atoms. The summed E-state index contributed by atoms with van der Waals surface area (Å²) in [6.45, 7) is 1.75. The van der Waals surface area contributed by atoms with Crippen LogP contribution in [0.3, 0.4) is 0 Å². The van der Waals surface area contributed by atoms with Crippen molar-refractivity contribution in [3.05, 3.63) is 29.6 Å². The first-order valence-corrected chi connectivity index (χ1v) is 3.44. The molecule has 0 radical (unpaired) electrons. The molecule has 0 aromatic carbocycles. The molecular weight excluding hydrogens is 150 g/mol. The standard InChI is InChI=1S/C9H7N3/c1-7(9(4-10)5-11)8-2-3-12-6-8/h2-3,6,12H,1H3. The molecule has 0 saturated heterocycles. The summed E-state index contributed by atoms with van der Waals surface area (Å²) in [6.07, 6.45) is 3.51. The van der Waals surface area contributed by atoms with Gasteiger partial charge < -0.3 is 4.98 Å². The summed E-state index contributed by atoms with van der Waals surface area (Å²) in [5.41, 5.74) is 1.75. The molecule has 1 heterocycles. The number of rotatable bonds is 1. The number of allylic oxidation sites excluding steroid dienone is 2. The minimum atomic E-state index is 0.162. The highest BCUT2D eigenvalue weighted by Crippen LogP contribution is 2.16. The van der Waals surface area contributed by atoms with E-state index in [9.17, 15) is 0 Å². The lowest BCUT2D eigenvalue weighted by Gasteiger charge is -1.93. The average Bonchev–Trinajstić information content (AvgIpc) is 2.58. The van der Waals surface area contributed by atoms with Gasteiger partial charge in [-0.25, -0.2) is 0 Å². The number of aromatic amines is 1. The molecule has 0 bridgehead atoms. The van der Waals surface area contributed by atoms with Crippen LogP contribution >= 0.6 is 0 Å². The van der Waals surface area contributed by atoms with Gasteiger partial charge in [-0.3, -0.25) is 0 Å². The Morgan fingerprint density at radius 1 is 1.42 bits per heavy atom. The number of hydrogen-bond donors (Lipinski definition) is 1. The topological polar surface area (TPSA) is 63.4 Å². The zero-order valence-corrected chi connectivity index (χ0v) is 6.63. The zero-order chi connectivity index (χ0) is 8.97. The summed E-state index contributed by atoms with van der Waals surface area (Å²) in [6, 6.07) is 5.51. The van der Waals surface area contributed by atoms with Gasteiger partial charge in [-0.15, -0.1) is 0 Å². The fraction of sp³-hybridized carbons (Fsp3) is 0.111. The lowest BCUT2D eigenvalue weighted by Crippen LogP contribution is -1.80. The van der Waals surface area contributed by atoms with Gasteiger partial charge >= 0.3 is 0 Å². The van der Waals surface area contributed by atoms with Gasteiger partial charge in [0.15, 0.2) is 0 Å². The van der Waals surface area contributed by atoms with Crippen LogP contribution in [0.5, 0.6) is 0 Å². The van der Waals surface area contributed by atoms with Crippen LogP contribution in [0.25, 0.3) is 5.57 Å². The zero-order valence-electron chi connectivity index (χ0n) is 6.63. The number of hydrogen-bond acceptors (Lipinski definition) is 2. The highest BCUT2D eigenvalue weighted by molar-refractivity contribution is 5.73. The lowest BCUT2D eigenvalue weighted by molar-refractivity contribution is 1.40. The number of H-pyrrole nitrogens is 1. The Bertz CT molecular complexity index is 355. The SMILES string of the molecule is CC(=C(C#N)C#N)c1cc[nH]c1. The molecule has 1 rings (SSSR count). The molecule has 0 aliphatic heterocycles. The minimum Gasteiger partial charge on any atom is -0.367 e. The van der Waals surface area contributed by atoms with Gasteiger partial charge in [0.1, 0.15) is 17.7 Å². The van der Waals surface area contributed by atoms with E-state index in [1.165, 1.54) is 0 Å². The van der Waals surface area contributed by atoms with E-state index < -0.39 is 0 Å². The molecule has 1 aromatic rings. The smallest absolute Gasteiger partial charge is 0.133 e. The van der Waals surface area contributed by atoms with Crippen molar-refractivity contribution in [1.82, 2.24) is 4.98 Å². The van der Waals surface area contributed by atoms with Gasteiger partial charge in [-0.1, -0.05) is 0 Å². The molecule has 0 atom stereocenters. The molecule has 3 heteroatoms. The second-order valence-corrected chi connectivity index (χ2v) is 2.32. The normalized spacial score (nSPS) is 8.25. The highest BCUT2D eigenvalue weighted by atomic mass is 14.6. The van der Waals surface area contributed by atoms with E-state index in [-0.39, 0.29) is 5.57 Å². The Morgan fingerprint density at radius 2 is 2.08 bits per heavy atom. The van der Waals surface area contributed by atoms with E-state index in [0.717, 1.165) is 5.56 Å².